The van der Waals surface area contributed by atoms with Gasteiger partial charge < -0.3 is 14.8 Å². The van der Waals surface area contributed by atoms with Crippen molar-refractivity contribution in [3.63, 3.8) is 0 Å². The third-order valence-corrected chi connectivity index (χ3v) is 4.38. The van der Waals surface area contributed by atoms with Gasteiger partial charge in [0.25, 0.3) is 5.91 Å². The van der Waals surface area contributed by atoms with Gasteiger partial charge in [-0.3, -0.25) is 14.9 Å². The first-order valence-electron chi connectivity index (χ1n) is 8.40. The largest absolute Gasteiger partial charge is 0.497 e. The fourth-order valence-electron chi connectivity index (χ4n) is 2.92. The number of aldehydes is 1. The van der Waals surface area contributed by atoms with Gasteiger partial charge in [-0.15, -0.1) is 0 Å². The summed E-state index contributed by atoms with van der Waals surface area (Å²) < 4.78 is 10.3. The molecule has 0 unspecified atom stereocenters. The average molecular weight is 348 g/mol. The molecular weight excluding hydrogens is 324 g/mol. The molecule has 25 heavy (non-hydrogen) atoms. The van der Waals surface area contributed by atoms with Crippen LogP contribution in [0.25, 0.3) is 0 Å². The lowest BCUT2D eigenvalue weighted by atomic mass is 9.86. The number of methoxy groups -OCH3 is 1. The summed E-state index contributed by atoms with van der Waals surface area (Å²) in [6.45, 7) is 1.74. The Balaban J connectivity index is 1.82. The van der Waals surface area contributed by atoms with Crippen LogP contribution in [0.1, 0.15) is 43.0 Å². The van der Waals surface area contributed by atoms with Crippen LogP contribution in [0.4, 0.5) is 4.79 Å². The summed E-state index contributed by atoms with van der Waals surface area (Å²) in [5.74, 6) is 0.598. The summed E-state index contributed by atoms with van der Waals surface area (Å²) in [5.41, 5.74) is 0.271. The normalized spacial score (nSPS) is 19.6. The predicted molar refractivity (Wildman–Crippen MR) is 92.0 cm³/mol. The van der Waals surface area contributed by atoms with E-state index in [0.29, 0.717) is 18.0 Å². The second kappa shape index (κ2) is 9.05. The van der Waals surface area contributed by atoms with E-state index in [-0.39, 0.29) is 24.0 Å². The number of carbonyl (C=O) groups is 3. The van der Waals surface area contributed by atoms with Gasteiger partial charge in [0.2, 0.25) is 0 Å². The van der Waals surface area contributed by atoms with Crippen LogP contribution in [-0.4, -0.2) is 38.0 Å². The highest BCUT2D eigenvalue weighted by Crippen LogP contribution is 2.24. The van der Waals surface area contributed by atoms with Crippen LogP contribution in [0, 0.1) is 5.92 Å². The molecule has 0 bridgehead atoms. The summed E-state index contributed by atoms with van der Waals surface area (Å²) in [4.78, 5) is 34.8. The SMILES string of the molecule is COc1ccc(OCC(=O)NC(=O)N[C@H]2CCCC[C@@H]2C)c(C=O)c1. The van der Waals surface area contributed by atoms with Gasteiger partial charge in [0.15, 0.2) is 12.9 Å². The number of hydrogen-bond acceptors (Lipinski definition) is 5. The zero-order chi connectivity index (χ0) is 18.2. The Morgan fingerprint density at radius 2 is 2.04 bits per heavy atom. The summed E-state index contributed by atoms with van der Waals surface area (Å²) in [6, 6.07) is 4.25. The molecule has 1 saturated carbocycles. The number of urea groups is 1. The first-order chi connectivity index (χ1) is 12.0. The number of nitrogens with one attached hydrogen (secondary N) is 2. The van der Waals surface area contributed by atoms with E-state index in [1.54, 1.807) is 12.1 Å². The van der Waals surface area contributed by atoms with Crippen LogP contribution in [-0.2, 0) is 4.79 Å². The fraction of sp³-hybridized carbons (Fsp3) is 0.500. The van der Waals surface area contributed by atoms with Crippen molar-refractivity contribution in [2.75, 3.05) is 13.7 Å². The molecule has 0 heterocycles. The molecule has 1 fully saturated rings. The van der Waals surface area contributed by atoms with Crippen LogP contribution < -0.4 is 20.1 Å². The van der Waals surface area contributed by atoms with Crippen LogP contribution >= 0.6 is 0 Å². The second-order valence-corrected chi connectivity index (χ2v) is 6.20. The van der Waals surface area contributed by atoms with Crippen molar-refractivity contribution in [3.05, 3.63) is 23.8 Å². The first-order valence-corrected chi connectivity index (χ1v) is 8.40. The smallest absolute Gasteiger partial charge is 0.321 e. The summed E-state index contributed by atoms with van der Waals surface area (Å²) >= 11 is 0. The molecule has 1 aliphatic rings. The van der Waals surface area contributed by atoms with Gasteiger partial charge in [-0.25, -0.2) is 4.79 Å². The third-order valence-electron chi connectivity index (χ3n) is 4.38. The zero-order valence-electron chi connectivity index (χ0n) is 14.5. The van der Waals surface area contributed by atoms with Crippen LogP contribution in [0.3, 0.4) is 0 Å². The highest BCUT2D eigenvalue weighted by atomic mass is 16.5. The Morgan fingerprint density at radius 1 is 1.28 bits per heavy atom. The van der Waals surface area contributed by atoms with E-state index in [0.717, 1.165) is 19.3 Å². The van der Waals surface area contributed by atoms with Gasteiger partial charge in [0.05, 0.1) is 12.7 Å². The quantitative estimate of drug-likeness (QED) is 0.769. The average Bonchev–Trinajstić information content (AvgIpc) is 2.61. The number of amides is 3. The number of hydrogen-bond donors (Lipinski definition) is 2. The zero-order valence-corrected chi connectivity index (χ0v) is 14.5. The Morgan fingerprint density at radius 3 is 2.72 bits per heavy atom. The van der Waals surface area contributed by atoms with Gasteiger partial charge in [-0.05, 0) is 37.0 Å². The van der Waals surface area contributed by atoms with Crippen LogP contribution in [0.5, 0.6) is 11.5 Å². The Kier molecular flexibility index (Phi) is 6.80. The number of carbonyl (C=O) groups excluding carboxylic acids is 3. The lowest BCUT2D eigenvalue weighted by Crippen LogP contribution is -2.48. The lowest BCUT2D eigenvalue weighted by molar-refractivity contribution is -0.122. The highest BCUT2D eigenvalue weighted by molar-refractivity contribution is 5.95. The Labute approximate surface area is 147 Å². The molecule has 3 amide bonds. The van der Waals surface area contributed by atoms with Gasteiger partial charge in [-0.2, -0.15) is 0 Å². The van der Waals surface area contributed by atoms with Crippen molar-refractivity contribution >= 4 is 18.2 Å². The second-order valence-electron chi connectivity index (χ2n) is 6.20. The molecule has 136 valence electrons. The summed E-state index contributed by atoms with van der Waals surface area (Å²) in [6.07, 6.45) is 4.88. The fourth-order valence-corrected chi connectivity index (χ4v) is 2.92. The maximum atomic E-state index is 11.9. The monoisotopic (exact) mass is 348 g/mol. The van der Waals surface area contributed by atoms with E-state index in [1.807, 2.05) is 0 Å². The molecule has 2 rings (SSSR count). The van der Waals surface area contributed by atoms with Crippen molar-refractivity contribution < 1.29 is 23.9 Å². The van der Waals surface area contributed by atoms with Crippen molar-refractivity contribution in [2.24, 2.45) is 5.92 Å². The topological polar surface area (TPSA) is 93.7 Å². The molecule has 0 spiro atoms. The van der Waals surface area contributed by atoms with E-state index in [1.165, 1.54) is 19.6 Å². The van der Waals surface area contributed by atoms with Gasteiger partial charge >= 0.3 is 6.03 Å². The maximum absolute atomic E-state index is 11.9. The Bertz CT molecular complexity index is 632. The molecule has 7 heteroatoms. The molecule has 2 atom stereocenters. The van der Waals surface area contributed by atoms with E-state index in [2.05, 4.69) is 17.6 Å². The Hall–Kier alpha value is -2.57. The van der Waals surface area contributed by atoms with E-state index in [9.17, 15) is 14.4 Å². The standard InChI is InChI=1S/C18H24N2O5/c1-12-5-3-4-6-15(12)19-18(23)20-17(22)11-25-16-8-7-14(24-2)9-13(16)10-21/h7-10,12,15H,3-6,11H2,1-2H3,(H2,19,20,22,23)/t12-,15-/m0/s1. The van der Waals surface area contributed by atoms with Gasteiger partial charge in [0, 0.05) is 6.04 Å². The first kappa shape index (κ1) is 18.8. The third kappa shape index (κ3) is 5.48. The van der Waals surface area contributed by atoms with Crippen molar-refractivity contribution in [2.45, 2.75) is 38.6 Å². The minimum absolute atomic E-state index is 0.0886. The number of ether oxygens (including phenoxy) is 2. The van der Waals surface area contributed by atoms with Crippen molar-refractivity contribution in [1.29, 1.82) is 0 Å². The molecule has 0 aromatic heterocycles. The molecule has 1 aromatic rings. The molecule has 0 radical (unpaired) electrons. The van der Waals surface area contributed by atoms with Crippen LogP contribution in [0.15, 0.2) is 18.2 Å². The van der Waals surface area contributed by atoms with Crippen molar-refractivity contribution in [1.82, 2.24) is 10.6 Å². The van der Waals surface area contributed by atoms with Gasteiger partial charge in [-0.1, -0.05) is 19.8 Å². The molecule has 0 saturated heterocycles. The predicted octanol–water partition coefficient (Wildman–Crippen LogP) is 2.29. The highest BCUT2D eigenvalue weighted by Gasteiger charge is 2.23. The summed E-state index contributed by atoms with van der Waals surface area (Å²) in [7, 11) is 1.49. The number of imide groups is 1. The van der Waals surface area contributed by atoms with Gasteiger partial charge in [0.1, 0.15) is 11.5 Å². The van der Waals surface area contributed by atoms with Crippen molar-refractivity contribution in [3.8, 4) is 11.5 Å². The minimum Gasteiger partial charge on any atom is -0.497 e. The minimum atomic E-state index is -0.575. The van der Waals surface area contributed by atoms with E-state index < -0.39 is 11.9 Å². The lowest BCUT2D eigenvalue weighted by Gasteiger charge is -2.29. The molecule has 1 aromatic carbocycles. The van der Waals surface area contributed by atoms with E-state index in [4.69, 9.17) is 9.47 Å². The maximum Gasteiger partial charge on any atom is 0.321 e. The van der Waals surface area contributed by atoms with Crippen LogP contribution in [0.2, 0.25) is 0 Å². The number of rotatable bonds is 6. The molecule has 1 aliphatic carbocycles. The molecule has 7 nitrogen and oxygen atoms in total. The molecule has 2 N–H and O–H groups in total. The molecular formula is C18H24N2O5. The van der Waals surface area contributed by atoms with E-state index >= 15 is 0 Å². The number of benzene rings is 1. The molecule has 0 aliphatic heterocycles. The summed E-state index contributed by atoms with van der Waals surface area (Å²) in [5, 5.41) is 5.09.